The molecule has 1 N–H and O–H groups in total. The molecular formula is C11H15BrN2O2. The van der Waals surface area contributed by atoms with Crippen LogP contribution < -0.4 is 5.32 Å². The molecular weight excluding hydrogens is 272 g/mol. The fourth-order valence-corrected chi connectivity index (χ4v) is 1.69. The number of methoxy groups -OCH3 is 1. The van der Waals surface area contributed by atoms with Gasteiger partial charge in [0.25, 0.3) is 0 Å². The number of ether oxygens (including phenoxy) is 1. The van der Waals surface area contributed by atoms with Crippen molar-refractivity contribution in [3.05, 3.63) is 22.3 Å². The second-order valence-electron chi connectivity index (χ2n) is 3.46. The van der Waals surface area contributed by atoms with Crippen molar-refractivity contribution < 1.29 is 9.53 Å². The SMILES string of the molecule is COCCCC(=O)Nc1ncc(Br)cc1C. The summed E-state index contributed by atoms with van der Waals surface area (Å²) in [4.78, 5) is 15.6. The standard InChI is InChI=1S/C11H15BrN2O2/c1-8-6-9(12)7-13-11(8)14-10(15)4-3-5-16-2/h6-7H,3-5H2,1-2H3,(H,13,14,15). The molecule has 4 nitrogen and oxygen atoms in total. The highest BCUT2D eigenvalue weighted by atomic mass is 79.9. The largest absolute Gasteiger partial charge is 0.385 e. The number of nitrogens with one attached hydrogen (secondary N) is 1. The van der Waals surface area contributed by atoms with Crippen molar-refractivity contribution in [3.8, 4) is 0 Å². The van der Waals surface area contributed by atoms with E-state index in [9.17, 15) is 4.79 Å². The lowest BCUT2D eigenvalue weighted by molar-refractivity contribution is -0.116. The number of carbonyl (C=O) groups is 1. The number of aromatic nitrogens is 1. The monoisotopic (exact) mass is 286 g/mol. The number of halogens is 1. The molecule has 1 amide bonds. The number of amides is 1. The Balaban J connectivity index is 2.49. The first-order valence-electron chi connectivity index (χ1n) is 5.04. The summed E-state index contributed by atoms with van der Waals surface area (Å²) in [7, 11) is 1.62. The van der Waals surface area contributed by atoms with E-state index < -0.39 is 0 Å². The molecule has 0 saturated heterocycles. The van der Waals surface area contributed by atoms with Crippen molar-refractivity contribution in [2.75, 3.05) is 19.0 Å². The van der Waals surface area contributed by atoms with Gasteiger partial charge in [0, 0.05) is 30.8 Å². The number of nitrogens with zero attached hydrogens (tertiary/aromatic N) is 1. The van der Waals surface area contributed by atoms with E-state index in [1.807, 2.05) is 13.0 Å². The maximum atomic E-state index is 11.5. The van der Waals surface area contributed by atoms with Gasteiger partial charge in [0.15, 0.2) is 0 Å². The third-order valence-electron chi connectivity index (χ3n) is 2.06. The zero-order valence-corrected chi connectivity index (χ0v) is 11.0. The van der Waals surface area contributed by atoms with E-state index in [2.05, 4.69) is 26.2 Å². The number of pyridine rings is 1. The highest BCUT2D eigenvalue weighted by molar-refractivity contribution is 9.10. The van der Waals surface area contributed by atoms with Gasteiger partial charge in [0.05, 0.1) is 0 Å². The van der Waals surface area contributed by atoms with Crippen molar-refractivity contribution in [1.29, 1.82) is 0 Å². The van der Waals surface area contributed by atoms with Gasteiger partial charge in [-0.3, -0.25) is 4.79 Å². The highest BCUT2D eigenvalue weighted by Gasteiger charge is 2.05. The van der Waals surface area contributed by atoms with Crippen LogP contribution in [0.3, 0.4) is 0 Å². The number of aryl methyl sites for hydroxylation is 1. The quantitative estimate of drug-likeness (QED) is 0.847. The van der Waals surface area contributed by atoms with Crippen molar-refractivity contribution in [2.24, 2.45) is 0 Å². The summed E-state index contributed by atoms with van der Waals surface area (Å²) in [6.45, 7) is 2.50. The third-order valence-corrected chi connectivity index (χ3v) is 2.49. The van der Waals surface area contributed by atoms with Crippen LogP contribution >= 0.6 is 15.9 Å². The van der Waals surface area contributed by atoms with Gasteiger partial charge in [0.2, 0.25) is 5.91 Å². The summed E-state index contributed by atoms with van der Waals surface area (Å²) in [5, 5.41) is 2.77. The molecule has 0 saturated carbocycles. The summed E-state index contributed by atoms with van der Waals surface area (Å²) in [5.74, 6) is 0.584. The lowest BCUT2D eigenvalue weighted by atomic mass is 10.2. The molecule has 1 rings (SSSR count). The van der Waals surface area contributed by atoms with Crippen LogP contribution in [-0.2, 0) is 9.53 Å². The van der Waals surface area contributed by atoms with Crippen LogP contribution in [0.15, 0.2) is 16.7 Å². The second kappa shape index (κ2) is 6.60. The summed E-state index contributed by atoms with van der Waals surface area (Å²) in [6.07, 6.45) is 2.83. The zero-order chi connectivity index (χ0) is 12.0. The van der Waals surface area contributed by atoms with Crippen molar-refractivity contribution in [2.45, 2.75) is 19.8 Å². The molecule has 16 heavy (non-hydrogen) atoms. The molecule has 5 heteroatoms. The van der Waals surface area contributed by atoms with Gasteiger partial charge in [0.1, 0.15) is 5.82 Å². The molecule has 0 atom stereocenters. The number of anilines is 1. The Kier molecular flexibility index (Phi) is 5.42. The van der Waals surface area contributed by atoms with Gasteiger partial charge in [-0.15, -0.1) is 0 Å². The molecule has 1 aromatic heterocycles. The average Bonchev–Trinajstić information content (AvgIpc) is 2.23. The highest BCUT2D eigenvalue weighted by Crippen LogP contribution is 2.16. The lowest BCUT2D eigenvalue weighted by Gasteiger charge is -2.07. The van der Waals surface area contributed by atoms with E-state index in [0.29, 0.717) is 18.8 Å². The molecule has 0 aliphatic heterocycles. The number of rotatable bonds is 5. The van der Waals surface area contributed by atoms with E-state index in [1.165, 1.54) is 0 Å². The molecule has 1 heterocycles. The topological polar surface area (TPSA) is 51.2 Å². The van der Waals surface area contributed by atoms with Crippen molar-refractivity contribution in [3.63, 3.8) is 0 Å². The van der Waals surface area contributed by atoms with Crippen LogP contribution in [0.5, 0.6) is 0 Å². The van der Waals surface area contributed by atoms with Gasteiger partial charge in [-0.05, 0) is 40.9 Å². The maximum absolute atomic E-state index is 11.5. The van der Waals surface area contributed by atoms with Gasteiger partial charge < -0.3 is 10.1 Å². The van der Waals surface area contributed by atoms with Gasteiger partial charge >= 0.3 is 0 Å². The summed E-state index contributed by atoms with van der Waals surface area (Å²) in [6, 6.07) is 1.91. The second-order valence-corrected chi connectivity index (χ2v) is 4.38. The zero-order valence-electron chi connectivity index (χ0n) is 9.42. The first kappa shape index (κ1) is 13.1. The van der Waals surface area contributed by atoms with E-state index in [4.69, 9.17) is 4.74 Å². The van der Waals surface area contributed by atoms with Crippen molar-refractivity contribution >= 4 is 27.7 Å². The van der Waals surface area contributed by atoms with E-state index in [0.717, 1.165) is 16.5 Å². The molecule has 0 aromatic carbocycles. The molecule has 0 radical (unpaired) electrons. The summed E-state index contributed by atoms with van der Waals surface area (Å²) < 4.78 is 5.79. The Hall–Kier alpha value is -0.940. The number of hydrogen-bond acceptors (Lipinski definition) is 3. The molecule has 88 valence electrons. The molecule has 0 unspecified atom stereocenters. The smallest absolute Gasteiger partial charge is 0.225 e. The Morgan fingerprint density at radius 1 is 1.62 bits per heavy atom. The lowest BCUT2D eigenvalue weighted by Crippen LogP contribution is -2.14. The third kappa shape index (κ3) is 4.28. The van der Waals surface area contributed by atoms with E-state index in [1.54, 1.807) is 13.3 Å². The average molecular weight is 287 g/mol. The Morgan fingerprint density at radius 3 is 3.00 bits per heavy atom. The first-order chi connectivity index (χ1) is 7.63. The minimum absolute atomic E-state index is 0.0324. The first-order valence-corrected chi connectivity index (χ1v) is 5.83. The molecule has 0 spiro atoms. The molecule has 0 aliphatic carbocycles. The molecule has 0 fully saturated rings. The maximum Gasteiger partial charge on any atom is 0.225 e. The molecule has 1 aromatic rings. The summed E-state index contributed by atoms with van der Waals surface area (Å²) >= 11 is 3.32. The fourth-order valence-electron chi connectivity index (χ4n) is 1.24. The van der Waals surface area contributed by atoms with Crippen LogP contribution in [0.2, 0.25) is 0 Å². The minimum Gasteiger partial charge on any atom is -0.385 e. The summed E-state index contributed by atoms with van der Waals surface area (Å²) in [5.41, 5.74) is 0.939. The van der Waals surface area contributed by atoms with Crippen LogP contribution in [0, 0.1) is 6.92 Å². The van der Waals surface area contributed by atoms with Gasteiger partial charge in [-0.25, -0.2) is 4.98 Å². The predicted molar refractivity (Wildman–Crippen MR) is 66.4 cm³/mol. The van der Waals surface area contributed by atoms with E-state index in [-0.39, 0.29) is 5.91 Å². The number of hydrogen-bond donors (Lipinski definition) is 1. The molecule has 0 aliphatic rings. The van der Waals surface area contributed by atoms with Gasteiger partial charge in [-0.1, -0.05) is 0 Å². The Bertz CT molecular complexity index is 369. The van der Waals surface area contributed by atoms with Crippen LogP contribution in [0.1, 0.15) is 18.4 Å². The minimum atomic E-state index is -0.0324. The van der Waals surface area contributed by atoms with Crippen LogP contribution in [-0.4, -0.2) is 24.6 Å². The number of carbonyl (C=O) groups excluding carboxylic acids is 1. The van der Waals surface area contributed by atoms with Crippen LogP contribution in [0.25, 0.3) is 0 Å². The van der Waals surface area contributed by atoms with Crippen LogP contribution in [0.4, 0.5) is 5.82 Å². The van der Waals surface area contributed by atoms with Crippen molar-refractivity contribution in [1.82, 2.24) is 4.98 Å². The Morgan fingerprint density at radius 2 is 2.38 bits per heavy atom. The van der Waals surface area contributed by atoms with Gasteiger partial charge in [-0.2, -0.15) is 0 Å². The Labute approximate surface area is 104 Å². The van der Waals surface area contributed by atoms with E-state index >= 15 is 0 Å². The normalized spacial score (nSPS) is 10.2. The predicted octanol–water partition coefficient (Wildman–Crippen LogP) is 2.52. The fraction of sp³-hybridized carbons (Fsp3) is 0.455. The molecule has 0 bridgehead atoms.